The fourth-order valence-corrected chi connectivity index (χ4v) is 4.63. The number of rotatable bonds is 7. The lowest BCUT2D eigenvalue weighted by Gasteiger charge is -2.25. The van der Waals surface area contributed by atoms with Gasteiger partial charge in [0.25, 0.3) is 5.91 Å². The van der Waals surface area contributed by atoms with Crippen molar-refractivity contribution in [3.63, 3.8) is 0 Å². The normalized spacial score (nSPS) is 19.8. The van der Waals surface area contributed by atoms with Crippen LogP contribution in [0.4, 0.5) is 4.79 Å². The van der Waals surface area contributed by atoms with E-state index in [1.54, 1.807) is 11.8 Å². The van der Waals surface area contributed by atoms with E-state index < -0.39 is 11.6 Å². The molecule has 1 N–H and O–H groups in total. The predicted octanol–water partition coefficient (Wildman–Crippen LogP) is 3.69. The average Bonchev–Trinajstić information content (AvgIpc) is 3.33. The minimum atomic E-state index is -1.15. The minimum Gasteiger partial charge on any atom is -0.337 e. The lowest BCUT2D eigenvalue weighted by Crippen LogP contribution is -2.44. The van der Waals surface area contributed by atoms with E-state index in [0.717, 1.165) is 47.3 Å². The molecule has 1 heterocycles. The number of fused-ring (bicyclic) bond motifs is 1. The number of hydrogen-bond acceptors (Lipinski definition) is 3. The summed E-state index contributed by atoms with van der Waals surface area (Å²) in [4.78, 5) is 42.0. The first-order valence-corrected chi connectivity index (χ1v) is 11.4. The van der Waals surface area contributed by atoms with Crippen molar-refractivity contribution in [3.8, 4) is 0 Å². The quantitative estimate of drug-likeness (QED) is 0.677. The second kappa shape index (κ2) is 8.77. The smallest absolute Gasteiger partial charge is 0.325 e. The standard InChI is InChI=1S/C26H31N3O3/c1-4-14-28(16-19-10-8-18(2)9-11-19)23(30)17-29-24(31)26(3,27-25(29)32)22-13-12-20-6-5-7-21(20)15-22/h8-13,15H,4-7,14,16-17H2,1-3H3,(H,27,32). The number of imide groups is 1. The van der Waals surface area contributed by atoms with Gasteiger partial charge < -0.3 is 10.2 Å². The van der Waals surface area contributed by atoms with Crippen molar-refractivity contribution >= 4 is 17.8 Å². The Labute approximate surface area is 189 Å². The molecule has 2 aromatic carbocycles. The van der Waals surface area contributed by atoms with Crippen molar-refractivity contribution in [2.75, 3.05) is 13.1 Å². The lowest BCUT2D eigenvalue weighted by atomic mass is 9.89. The number of amides is 4. The predicted molar refractivity (Wildman–Crippen MR) is 123 cm³/mol. The number of carbonyl (C=O) groups is 3. The molecule has 2 aromatic rings. The third kappa shape index (κ3) is 4.14. The molecule has 1 unspecified atom stereocenters. The van der Waals surface area contributed by atoms with Gasteiger partial charge in [-0.25, -0.2) is 4.79 Å². The van der Waals surface area contributed by atoms with E-state index >= 15 is 0 Å². The number of benzene rings is 2. The van der Waals surface area contributed by atoms with Crippen LogP contribution in [-0.4, -0.2) is 40.7 Å². The summed E-state index contributed by atoms with van der Waals surface area (Å²) in [6.07, 6.45) is 3.96. The highest BCUT2D eigenvalue weighted by Crippen LogP contribution is 2.32. The SMILES string of the molecule is CCCN(Cc1ccc(C)cc1)C(=O)CN1C(=O)NC(C)(c2ccc3c(c2)CCC3)C1=O. The molecule has 2 aliphatic rings. The van der Waals surface area contributed by atoms with Crippen LogP contribution in [0.5, 0.6) is 0 Å². The van der Waals surface area contributed by atoms with Gasteiger partial charge in [-0.05, 0) is 61.8 Å². The molecule has 4 rings (SSSR count). The summed E-state index contributed by atoms with van der Waals surface area (Å²) in [5.74, 6) is -0.602. The van der Waals surface area contributed by atoms with E-state index in [0.29, 0.717) is 13.1 Å². The summed E-state index contributed by atoms with van der Waals surface area (Å²) in [7, 11) is 0. The molecule has 6 heteroatoms. The largest absolute Gasteiger partial charge is 0.337 e. The zero-order chi connectivity index (χ0) is 22.9. The summed E-state index contributed by atoms with van der Waals surface area (Å²) in [6.45, 7) is 6.53. The molecule has 0 saturated carbocycles. The van der Waals surface area contributed by atoms with Gasteiger partial charge >= 0.3 is 6.03 Å². The van der Waals surface area contributed by atoms with Crippen molar-refractivity contribution in [2.24, 2.45) is 0 Å². The van der Waals surface area contributed by atoms with Gasteiger partial charge in [0.1, 0.15) is 12.1 Å². The maximum Gasteiger partial charge on any atom is 0.325 e. The Hall–Kier alpha value is -3.15. The Morgan fingerprint density at radius 2 is 1.81 bits per heavy atom. The summed E-state index contributed by atoms with van der Waals surface area (Å²) >= 11 is 0. The molecular weight excluding hydrogens is 402 g/mol. The number of hydrogen-bond donors (Lipinski definition) is 1. The fraction of sp³-hybridized carbons (Fsp3) is 0.423. The molecule has 0 radical (unpaired) electrons. The minimum absolute atomic E-state index is 0.228. The highest BCUT2D eigenvalue weighted by Gasteiger charge is 2.49. The number of urea groups is 1. The van der Waals surface area contributed by atoms with Crippen LogP contribution in [0.25, 0.3) is 0 Å². The molecule has 168 valence electrons. The Balaban J connectivity index is 1.50. The van der Waals surface area contributed by atoms with Crippen LogP contribution in [0.1, 0.15) is 54.5 Å². The van der Waals surface area contributed by atoms with E-state index in [1.807, 2.05) is 50.2 Å². The summed E-state index contributed by atoms with van der Waals surface area (Å²) in [6, 6.07) is 13.5. The Morgan fingerprint density at radius 1 is 1.09 bits per heavy atom. The topological polar surface area (TPSA) is 69.7 Å². The van der Waals surface area contributed by atoms with E-state index in [2.05, 4.69) is 11.4 Å². The molecule has 0 aromatic heterocycles. The van der Waals surface area contributed by atoms with Gasteiger partial charge in [0.2, 0.25) is 5.91 Å². The monoisotopic (exact) mass is 433 g/mol. The third-order valence-electron chi connectivity index (χ3n) is 6.58. The van der Waals surface area contributed by atoms with Crippen molar-refractivity contribution in [1.29, 1.82) is 0 Å². The van der Waals surface area contributed by atoms with E-state index in [-0.39, 0.29) is 18.4 Å². The highest BCUT2D eigenvalue weighted by molar-refractivity contribution is 6.09. The molecule has 1 saturated heterocycles. The van der Waals surface area contributed by atoms with Crippen LogP contribution in [0.2, 0.25) is 0 Å². The number of nitrogens with one attached hydrogen (secondary N) is 1. The molecule has 1 aliphatic carbocycles. The maximum absolute atomic E-state index is 13.3. The van der Waals surface area contributed by atoms with Crippen molar-refractivity contribution in [2.45, 2.75) is 58.5 Å². The van der Waals surface area contributed by atoms with Gasteiger partial charge in [-0.15, -0.1) is 0 Å². The van der Waals surface area contributed by atoms with Crippen LogP contribution < -0.4 is 5.32 Å². The lowest BCUT2D eigenvalue weighted by molar-refractivity contribution is -0.139. The Bertz CT molecular complexity index is 1050. The van der Waals surface area contributed by atoms with Gasteiger partial charge in [-0.2, -0.15) is 0 Å². The molecule has 6 nitrogen and oxygen atoms in total. The van der Waals surface area contributed by atoms with E-state index in [4.69, 9.17) is 0 Å². The second-order valence-electron chi connectivity index (χ2n) is 9.08. The van der Waals surface area contributed by atoms with Crippen LogP contribution in [0.3, 0.4) is 0 Å². The molecular formula is C26H31N3O3. The highest BCUT2D eigenvalue weighted by atomic mass is 16.2. The van der Waals surface area contributed by atoms with Crippen molar-refractivity contribution in [1.82, 2.24) is 15.1 Å². The number of aryl methyl sites for hydroxylation is 3. The van der Waals surface area contributed by atoms with Crippen LogP contribution in [0.15, 0.2) is 42.5 Å². The summed E-state index contributed by atoms with van der Waals surface area (Å²) in [5.41, 5.74) is 4.36. The van der Waals surface area contributed by atoms with Gasteiger partial charge in [0, 0.05) is 13.1 Å². The third-order valence-corrected chi connectivity index (χ3v) is 6.58. The van der Waals surface area contributed by atoms with Crippen molar-refractivity contribution in [3.05, 3.63) is 70.3 Å². The van der Waals surface area contributed by atoms with Gasteiger partial charge in [-0.1, -0.05) is 55.0 Å². The van der Waals surface area contributed by atoms with Crippen LogP contribution in [-0.2, 0) is 34.5 Å². The average molecular weight is 434 g/mol. The first-order valence-electron chi connectivity index (χ1n) is 11.4. The second-order valence-corrected chi connectivity index (χ2v) is 9.08. The van der Waals surface area contributed by atoms with Gasteiger partial charge in [-0.3, -0.25) is 14.5 Å². The Kier molecular flexibility index (Phi) is 6.04. The molecule has 0 bridgehead atoms. The zero-order valence-corrected chi connectivity index (χ0v) is 19.1. The first-order chi connectivity index (χ1) is 15.3. The number of nitrogens with zero attached hydrogens (tertiary/aromatic N) is 2. The maximum atomic E-state index is 13.3. The summed E-state index contributed by atoms with van der Waals surface area (Å²) in [5, 5.41) is 2.84. The molecule has 32 heavy (non-hydrogen) atoms. The molecule has 1 fully saturated rings. The Morgan fingerprint density at radius 3 is 2.53 bits per heavy atom. The number of carbonyl (C=O) groups excluding carboxylic acids is 3. The summed E-state index contributed by atoms with van der Waals surface area (Å²) < 4.78 is 0. The zero-order valence-electron chi connectivity index (χ0n) is 19.1. The van der Waals surface area contributed by atoms with E-state index in [1.165, 1.54) is 11.1 Å². The molecule has 1 atom stereocenters. The molecule has 1 aliphatic heterocycles. The molecule has 0 spiro atoms. The van der Waals surface area contributed by atoms with Gasteiger partial charge in [0.05, 0.1) is 0 Å². The van der Waals surface area contributed by atoms with Crippen LogP contribution >= 0.6 is 0 Å². The fourth-order valence-electron chi connectivity index (χ4n) is 4.63. The molecule has 4 amide bonds. The van der Waals surface area contributed by atoms with E-state index in [9.17, 15) is 14.4 Å². The van der Waals surface area contributed by atoms with Crippen LogP contribution in [0, 0.1) is 6.92 Å². The van der Waals surface area contributed by atoms with Crippen molar-refractivity contribution < 1.29 is 14.4 Å². The van der Waals surface area contributed by atoms with Gasteiger partial charge in [0.15, 0.2) is 0 Å². The first kappa shape index (κ1) is 22.1.